The molecular formula is C10H13N3. The van der Waals surface area contributed by atoms with Gasteiger partial charge >= 0.3 is 0 Å². The molecule has 0 amide bonds. The molecule has 0 radical (unpaired) electrons. The molecule has 68 valence electrons. The molecule has 4 N–H and O–H groups in total. The zero-order valence-electron chi connectivity index (χ0n) is 7.38. The van der Waals surface area contributed by atoms with Crippen molar-refractivity contribution in [1.29, 1.82) is 5.41 Å². The van der Waals surface area contributed by atoms with E-state index in [1.807, 2.05) is 24.3 Å². The summed E-state index contributed by atoms with van der Waals surface area (Å²) in [5.74, 6) is 5.31. The highest BCUT2D eigenvalue weighted by Crippen LogP contribution is 2.15. The van der Waals surface area contributed by atoms with Crippen molar-refractivity contribution in [3.05, 3.63) is 42.5 Å². The summed E-state index contributed by atoms with van der Waals surface area (Å²) in [6, 6.07) is 7.46. The van der Waals surface area contributed by atoms with Crippen LogP contribution in [0.15, 0.2) is 36.9 Å². The van der Waals surface area contributed by atoms with E-state index in [0.717, 1.165) is 11.3 Å². The summed E-state index contributed by atoms with van der Waals surface area (Å²) in [5, 5.41) is 7.71. The van der Waals surface area contributed by atoms with Gasteiger partial charge in [0.05, 0.1) is 5.69 Å². The van der Waals surface area contributed by atoms with Crippen molar-refractivity contribution in [2.75, 3.05) is 5.43 Å². The van der Waals surface area contributed by atoms with E-state index in [1.54, 1.807) is 6.08 Å². The number of hydrogen-bond acceptors (Lipinski definition) is 3. The molecule has 13 heavy (non-hydrogen) atoms. The highest BCUT2D eigenvalue weighted by atomic mass is 15.2. The van der Waals surface area contributed by atoms with Crippen molar-refractivity contribution in [2.45, 2.75) is 6.42 Å². The molecule has 0 heterocycles. The fourth-order valence-electron chi connectivity index (χ4n) is 1.13. The molecule has 0 saturated carbocycles. The quantitative estimate of drug-likeness (QED) is 0.283. The number of nitrogens with two attached hydrogens (primary N) is 1. The highest BCUT2D eigenvalue weighted by Gasteiger charge is 2.03. The second-order valence-corrected chi connectivity index (χ2v) is 2.66. The summed E-state index contributed by atoms with van der Waals surface area (Å²) < 4.78 is 0. The minimum Gasteiger partial charge on any atom is -0.323 e. The Morgan fingerprint density at radius 3 is 2.85 bits per heavy atom. The van der Waals surface area contributed by atoms with Gasteiger partial charge in [-0.15, -0.1) is 6.58 Å². The minimum absolute atomic E-state index is 0.517. The van der Waals surface area contributed by atoms with Crippen molar-refractivity contribution in [2.24, 2.45) is 5.84 Å². The van der Waals surface area contributed by atoms with Gasteiger partial charge in [-0.3, -0.25) is 5.84 Å². The first-order valence-corrected chi connectivity index (χ1v) is 4.04. The maximum absolute atomic E-state index is 7.71. The van der Waals surface area contributed by atoms with E-state index in [9.17, 15) is 0 Å². The Kier molecular flexibility index (Phi) is 3.23. The molecule has 0 aliphatic carbocycles. The average molecular weight is 175 g/mol. The lowest BCUT2D eigenvalue weighted by atomic mass is 10.1. The van der Waals surface area contributed by atoms with Crippen molar-refractivity contribution in [3.8, 4) is 0 Å². The number of allylic oxidation sites excluding steroid dienone is 1. The van der Waals surface area contributed by atoms with Crippen LogP contribution in [0, 0.1) is 5.41 Å². The van der Waals surface area contributed by atoms with Gasteiger partial charge in [0, 0.05) is 17.7 Å². The van der Waals surface area contributed by atoms with Crippen LogP contribution in [0.4, 0.5) is 5.69 Å². The molecule has 0 aliphatic heterocycles. The van der Waals surface area contributed by atoms with Crippen LogP contribution in [-0.2, 0) is 0 Å². The fourth-order valence-corrected chi connectivity index (χ4v) is 1.13. The molecule has 0 unspecified atom stereocenters. The van der Waals surface area contributed by atoms with Gasteiger partial charge in [0.25, 0.3) is 0 Å². The van der Waals surface area contributed by atoms with Gasteiger partial charge in [0.1, 0.15) is 0 Å². The Bertz CT molecular complexity index is 318. The van der Waals surface area contributed by atoms with Crippen LogP contribution in [0.1, 0.15) is 12.0 Å². The molecule has 0 atom stereocenters. The largest absolute Gasteiger partial charge is 0.323 e. The second kappa shape index (κ2) is 4.42. The van der Waals surface area contributed by atoms with Gasteiger partial charge in [-0.2, -0.15) is 0 Å². The fraction of sp³-hybridized carbons (Fsp3) is 0.100. The average Bonchev–Trinajstić information content (AvgIpc) is 2.18. The number of anilines is 1. The normalized spacial score (nSPS) is 9.31. The maximum atomic E-state index is 7.71. The van der Waals surface area contributed by atoms with Crippen molar-refractivity contribution in [1.82, 2.24) is 0 Å². The Hall–Kier alpha value is -1.61. The van der Waals surface area contributed by atoms with Crippen LogP contribution in [0.5, 0.6) is 0 Å². The zero-order chi connectivity index (χ0) is 9.68. The van der Waals surface area contributed by atoms with Crippen LogP contribution in [0.2, 0.25) is 0 Å². The molecule has 1 rings (SSSR count). The Balaban J connectivity index is 2.98. The van der Waals surface area contributed by atoms with Crippen LogP contribution in [0.3, 0.4) is 0 Å². The summed E-state index contributed by atoms with van der Waals surface area (Å²) >= 11 is 0. The highest BCUT2D eigenvalue weighted by molar-refractivity contribution is 6.03. The third kappa shape index (κ3) is 2.16. The van der Waals surface area contributed by atoms with E-state index < -0.39 is 0 Å². The van der Waals surface area contributed by atoms with Gasteiger partial charge < -0.3 is 10.8 Å². The van der Waals surface area contributed by atoms with E-state index in [4.69, 9.17) is 11.3 Å². The van der Waals surface area contributed by atoms with Crippen LogP contribution in [0.25, 0.3) is 0 Å². The molecule has 3 nitrogen and oxygen atoms in total. The topological polar surface area (TPSA) is 61.9 Å². The molecule has 1 aromatic rings. The van der Waals surface area contributed by atoms with Crippen LogP contribution in [-0.4, -0.2) is 5.71 Å². The summed E-state index contributed by atoms with van der Waals surface area (Å²) in [7, 11) is 0. The first-order valence-electron chi connectivity index (χ1n) is 4.04. The Labute approximate surface area is 77.7 Å². The smallest absolute Gasteiger partial charge is 0.0575 e. The monoisotopic (exact) mass is 175 g/mol. The zero-order valence-corrected chi connectivity index (χ0v) is 7.38. The van der Waals surface area contributed by atoms with E-state index in [1.165, 1.54) is 0 Å². The van der Waals surface area contributed by atoms with E-state index in [-0.39, 0.29) is 0 Å². The minimum atomic E-state index is 0.517. The Morgan fingerprint density at radius 1 is 1.54 bits per heavy atom. The summed E-state index contributed by atoms with van der Waals surface area (Å²) in [6.07, 6.45) is 2.26. The van der Waals surface area contributed by atoms with Crippen LogP contribution >= 0.6 is 0 Å². The van der Waals surface area contributed by atoms with E-state index in [0.29, 0.717) is 12.1 Å². The van der Waals surface area contributed by atoms with Gasteiger partial charge in [-0.1, -0.05) is 24.3 Å². The van der Waals surface area contributed by atoms with Gasteiger partial charge in [0.2, 0.25) is 0 Å². The summed E-state index contributed by atoms with van der Waals surface area (Å²) in [4.78, 5) is 0. The second-order valence-electron chi connectivity index (χ2n) is 2.66. The molecule has 1 aromatic carbocycles. The molecule has 0 fully saturated rings. The molecular weight excluding hydrogens is 162 g/mol. The predicted octanol–water partition coefficient (Wildman–Crippen LogP) is 1.92. The van der Waals surface area contributed by atoms with Crippen molar-refractivity contribution in [3.63, 3.8) is 0 Å². The molecule has 0 aliphatic rings. The number of nitrogen functional groups attached to an aromatic ring is 1. The molecule has 3 heteroatoms. The maximum Gasteiger partial charge on any atom is 0.0575 e. The third-order valence-electron chi connectivity index (χ3n) is 1.76. The number of para-hydroxylation sites is 1. The lowest BCUT2D eigenvalue weighted by molar-refractivity contribution is 1.31. The predicted molar refractivity (Wildman–Crippen MR) is 55.9 cm³/mol. The number of nitrogens with one attached hydrogen (secondary N) is 2. The van der Waals surface area contributed by atoms with Crippen LogP contribution < -0.4 is 11.3 Å². The van der Waals surface area contributed by atoms with Crippen molar-refractivity contribution >= 4 is 11.4 Å². The number of hydrazine groups is 1. The summed E-state index contributed by atoms with van der Waals surface area (Å²) in [6.45, 7) is 3.59. The van der Waals surface area contributed by atoms with Gasteiger partial charge in [0.15, 0.2) is 0 Å². The first kappa shape index (κ1) is 9.48. The van der Waals surface area contributed by atoms with Gasteiger partial charge in [-0.05, 0) is 6.07 Å². The number of benzene rings is 1. The number of rotatable bonds is 4. The standard InChI is InChI=1S/C10H13N3/c1-2-5-9(11)8-6-3-4-7-10(8)13-12/h2-4,6-7,11,13H,1,5,12H2. The van der Waals surface area contributed by atoms with Crippen molar-refractivity contribution < 1.29 is 0 Å². The van der Waals surface area contributed by atoms with E-state index >= 15 is 0 Å². The lowest BCUT2D eigenvalue weighted by Gasteiger charge is -2.07. The first-order chi connectivity index (χ1) is 6.29. The number of hydrogen-bond donors (Lipinski definition) is 3. The molecule has 0 saturated heterocycles. The molecule has 0 spiro atoms. The summed E-state index contributed by atoms with van der Waals surface area (Å²) in [5.41, 5.74) is 4.67. The Morgan fingerprint density at radius 2 is 2.23 bits per heavy atom. The van der Waals surface area contributed by atoms with Gasteiger partial charge in [-0.25, -0.2) is 0 Å². The molecule has 0 aromatic heterocycles. The van der Waals surface area contributed by atoms with E-state index in [2.05, 4.69) is 12.0 Å². The SMILES string of the molecule is C=CCC(=N)c1ccccc1NN. The third-order valence-corrected chi connectivity index (χ3v) is 1.76. The molecule has 0 bridgehead atoms. The lowest BCUT2D eigenvalue weighted by Crippen LogP contribution is -2.11.